The molecule has 1 spiro atoms. The third-order valence-corrected chi connectivity index (χ3v) is 6.24. The van der Waals surface area contributed by atoms with Crippen LogP contribution < -0.4 is 20.1 Å². The van der Waals surface area contributed by atoms with E-state index in [0.717, 1.165) is 55.7 Å². The van der Waals surface area contributed by atoms with E-state index in [1.807, 2.05) is 25.1 Å². The summed E-state index contributed by atoms with van der Waals surface area (Å²) in [5, 5.41) is 0. The number of ether oxygens (including phenoxy) is 2. The van der Waals surface area contributed by atoms with E-state index in [0.29, 0.717) is 11.4 Å². The fraction of sp³-hybridized carbons (Fsp3) is 0.545. The molecule has 1 unspecified atom stereocenters. The lowest BCUT2D eigenvalue weighted by Crippen LogP contribution is -2.44. The molecule has 7 heteroatoms. The Bertz CT molecular complexity index is 854. The van der Waals surface area contributed by atoms with Gasteiger partial charge in [0.15, 0.2) is 11.5 Å². The summed E-state index contributed by atoms with van der Waals surface area (Å²) >= 11 is 0. The highest BCUT2D eigenvalue weighted by Gasteiger charge is 2.42. The minimum absolute atomic E-state index is 0.304. The van der Waals surface area contributed by atoms with Gasteiger partial charge in [-0.2, -0.15) is 4.98 Å². The number of nitrogen functional groups attached to an aromatic ring is 1. The van der Waals surface area contributed by atoms with Crippen molar-refractivity contribution in [1.29, 1.82) is 0 Å². The second-order valence-corrected chi connectivity index (χ2v) is 8.36. The van der Waals surface area contributed by atoms with Crippen LogP contribution in [-0.2, 0) is 6.54 Å². The molecule has 0 aliphatic carbocycles. The number of aryl methyl sites for hydroxylation is 1. The molecule has 7 nitrogen and oxygen atoms in total. The Morgan fingerprint density at radius 2 is 1.97 bits per heavy atom. The van der Waals surface area contributed by atoms with Crippen LogP contribution in [0.3, 0.4) is 0 Å². The number of methoxy groups -OCH3 is 2. The number of hydrogen-bond donors (Lipinski definition) is 1. The van der Waals surface area contributed by atoms with Gasteiger partial charge in [0.2, 0.25) is 5.95 Å². The zero-order valence-electron chi connectivity index (χ0n) is 17.6. The van der Waals surface area contributed by atoms with Crippen molar-refractivity contribution < 1.29 is 9.47 Å². The van der Waals surface area contributed by atoms with Crippen LogP contribution in [0.5, 0.6) is 11.5 Å². The van der Waals surface area contributed by atoms with Crippen molar-refractivity contribution >= 4 is 11.8 Å². The largest absolute Gasteiger partial charge is 0.493 e. The Hall–Kier alpha value is -2.54. The molecular weight excluding hydrogens is 366 g/mol. The van der Waals surface area contributed by atoms with Gasteiger partial charge in [-0.3, -0.25) is 4.90 Å². The third kappa shape index (κ3) is 4.10. The average Bonchev–Trinajstić information content (AvgIpc) is 3.10. The molecule has 0 bridgehead atoms. The van der Waals surface area contributed by atoms with Crippen LogP contribution in [0.25, 0.3) is 0 Å². The zero-order valence-corrected chi connectivity index (χ0v) is 17.6. The molecule has 29 heavy (non-hydrogen) atoms. The van der Waals surface area contributed by atoms with E-state index in [1.54, 1.807) is 14.2 Å². The molecule has 2 saturated heterocycles. The maximum atomic E-state index is 5.88. The van der Waals surface area contributed by atoms with Crippen molar-refractivity contribution in [2.45, 2.75) is 32.7 Å². The Kier molecular flexibility index (Phi) is 5.50. The first-order chi connectivity index (χ1) is 14.0. The number of nitrogens with zero attached hydrogens (tertiary/aromatic N) is 4. The molecule has 0 saturated carbocycles. The number of piperidine rings is 1. The minimum Gasteiger partial charge on any atom is -0.493 e. The normalized spacial score (nSPS) is 22.2. The van der Waals surface area contributed by atoms with E-state index in [-0.39, 0.29) is 0 Å². The van der Waals surface area contributed by atoms with Crippen LogP contribution in [0.4, 0.5) is 11.8 Å². The number of nitrogens with two attached hydrogens (primary N) is 1. The summed E-state index contributed by atoms with van der Waals surface area (Å²) in [5.74, 6) is 2.95. The second kappa shape index (κ2) is 8.06. The van der Waals surface area contributed by atoms with Gasteiger partial charge >= 0.3 is 0 Å². The lowest BCUT2D eigenvalue weighted by Gasteiger charge is -2.40. The van der Waals surface area contributed by atoms with Gasteiger partial charge in [0.25, 0.3) is 0 Å². The highest BCUT2D eigenvalue weighted by molar-refractivity contribution is 5.47. The van der Waals surface area contributed by atoms with Crippen LogP contribution in [0, 0.1) is 12.3 Å². The van der Waals surface area contributed by atoms with E-state index < -0.39 is 0 Å². The minimum atomic E-state index is 0.304. The quantitative estimate of drug-likeness (QED) is 0.831. The van der Waals surface area contributed by atoms with Gasteiger partial charge in [0.05, 0.1) is 14.2 Å². The Morgan fingerprint density at radius 1 is 1.10 bits per heavy atom. The molecule has 2 aliphatic heterocycles. The SMILES string of the molecule is COc1cccc(CN2CCCC3(CCN(c4cc(C)nc(N)n4)C3)C2)c1OC. The topological polar surface area (TPSA) is 76.7 Å². The summed E-state index contributed by atoms with van der Waals surface area (Å²) in [5.41, 5.74) is 8.28. The molecule has 1 aromatic heterocycles. The van der Waals surface area contributed by atoms with Crippen molar-refractivity contribution in [1.82, 2.24) is 14.9 Å². The highest BCUT2D eigenvalue weighted by atomic mass is 16.5. The third-order valence-electron chi connectivity index (χ3n) is 6.24. The second-order valence-electron chi connectivity index (χ2n) is 8.36. The first-order valence-electron chi connectivity index (χ1n) is 10.3. The lowest BCUT2D eigenvalue weighted by molar-refractivity contribution is 0.0983. The molecule has 4 rings (SSSR count). The van der Waals surface area contributed by atoms with Gasteiger partial charge in [0, 0.05) is 48.9 Å². The highest BCUT2D eigenvalue weighted by Crippen LogP contribution is 2.41. The van der Waals surface area contributed by atoms with E-state index in [4.69, 9.17) is 15.2 Å². The first-order valence-corrected chi connectivity index (χ1v) is 10.3. The van der Waals surface area contributed by atoms with E-state index >= 15 is 0 Å². The van der Waals surface area contributed by atoms with Gasteiger partial charge in [-0.15, -0.1) is 0 Å². The van der Waals surface area contributed by atoms with E-state index in [1.165, 1.54) is 24.8 Å². The molecule has 0 radical (unpaired) electrons. The molecule has 2 fully saturated rings. The Morgan fingerprint density at radius 3 is 2.72 bits per heavy atom. The summed E-state index contributed by atoms with van der Waals surface area (Å²) in [4.78, 5) is 13.6. The van der Waals surface area contributed by atoms with Crippen molar-refractivity contribution in [3.05, 3.63) is 35.5 Å². The van der Waals surface area contributed by atoms with Gasteiger partial charge in [-0.05, 0) is 38.8 Å². The van der Waals surface area contributed by atoms with Crippen LogP contribution in [0.2, 0.25) is 0 Å². The molecule has 3 heterocycles. The molecule has 0 amide bonds. The van der Waals surface area contributed by atoms with Gasteiger partial charge in [-0.1, -0.05) is 12.1 Å². The summed E-state index contributed by atoms with van der Waals surface area (Å²) in [6, 6.07) is 8.16. The van der Waals surface area contributed by atoms with Crippen LogP contribution in [0.15, 0.2) is 24.3 Å². The standard InChI is InChI=1S/C22H31N5O2/c1-16-12-19(25-21(23)24-16)27-11-9-22(15-27)8-5-10-26(14-22)13-17-6-4-7-18(28-2)20(17)29-3/h4,6-7,12H,5,8-11,13-15H2,1-3H3,(H2,23,24,25). The number of para-hydroxylation sites is 1. The lowest BCUT2D eigenvalue weighted by atomic mass is 9.79. The molecule has 156 valence electrons. The van der Waals surface area contributed by atoms with Crippen LogP contribution >= 0.6 is 0 Å². The molecule has 2 aliphatic rings. The predicted molar refractivity (Wildman–Crippen MR) is 115 cm³/mol. The number of aromatic nitrogens is 2. The number of benzene rings is 1. The van der Waals surface area contributed by atoms with Crippen molar-refractivity contribution in [3.63, 3.8) is 0 Å². The number of anilines is 2. The molecule has 2 aromatic rings. The number of likely N-dealkylation sites (tertiary alicyclic amines) is 1. The van der Waals surface area contributed by atoms with Gasteiger partial charge in [0.1, 0.15) is 5.82 Å². The molecule has 1 aromatic carbocycles. The van der Waals surface area contributed by atoms with Crippen molar-refractivity contribution in [2.75, 3.05) is 51.0 Å². The summed E-state index contributed by atoms with van der Waals surface area (Å²) in [6.45, 7) is 7.09. The first kappa shape index (κ1) is 19.8. The Balaban J connectivity index is 1.48. The van der Waals surface area contributed by atoms with Crippen LogP contribution in [0.1, 0.15) is 30.5 Å². The van der Waals surface area contributed by atoms with Crippen LogP contribution in [-0.4, -0.2) is 55.3 Å². The van der Waals surface area contributed by atoms with E-state index in [2.05, 4.69) is 25.8 Å². The molecule has 2 N–H and O–H groups in total. The fourth-order valence-corrected chi connectivity index (χ4v) is 4.96. The zero-order chi connectivity index (χ0) is 20.4. The van der Waals surface area contributed by atoms with Crippen molar-refractivity contribution in [2.24, 2.45) is 5.41 Å². The van der Waals surface area contributed by atoms with Gasteiger partial charge < -0.3 is 20.1 Å². The van der Waals surface area contributed by atoms with Crippen molar-refractivity contribution in [3.8, 4) is 11.5 Å². The summed E-state index contributed by atoms with van der Waals surface area (Å²) < 4.78 is 11.1. The number of hydrogen-bond acceptors (Lipinski definition) is 7. The number of rotatable bonds is 5. The van der Waals surface area contributed by atoms with Gasteiger partial charge in [-0.25, -0.2) is 4.98 Å². The maximum Gasteiger partial charge on any atom is 0.222 e. The molecule has 1 atom stereocenters. The maximum absolute atomic E-state index is 5.88. The Labute approximate surface area is 172 Å². The fourth-order valence-electron chi connectivity index (χ4n) is 4.96. The van der Waals surface area contributed by atoms with E-state index in [9.17, 15) is 0 Å². The predicted octanol–water partition coefficient (Wildman–Crippen LogP) is 2.88. The summed E-state index contributed by atoms with van der Waals surface area (Å²) in [7, 11) is 3.40. The average molecular weight is 398 g/mol. The monoisotopic (exact) mass is 397 g/mol. The molecular formula is C22H31N5O2. The summed E-state index contributed by atoms with van der Waals surface area (Å²) in [6.07, 6.45) is 3.65. The smallest absolute Gasteiger partial charge is 0.222 e.